The SMILES string of the molecule is Cc1nnc(NNc2nc(N3C[C@H](N)C[C@H](N)C3)nc(N3C[C@H](N)C[C@H](N)C3)n2)[nH]c1=O. The highest BCUT2D eigenvalue weighted by molar-refractivity contribution is 5.48. The molecule has 2 aromatic rings. The molecule has 4 heterocycles. The Morgan fingerprint density at radius 1 is 0.812 bits per heavy atom. The number of piperidine rings is 2. The number of hydrazine groups is 1. The molecular weight excluding hydrogens is 416 g/mol. The standard InChI is InChI=1S/C17H30N14O/c1-8-13(32)22-15(28-26-8)29-27-14-23-16(30-4-9(18)2-10(19)5-30)25-17(24-14)31-6-11(20)3-12(21)7-31/h9-12H,2-7,18-21H2,1H3,(H2,22,28,29,32)(H,23,24,25,27)/t9-,10+,11-,12+. The lowest BCUT2D eigenvalue weighted by atomic mass is 10.0. The summed E-state index contributed by atoms with van der Waals surface area (Å²) in [6, 6.07) is -0.340. The van der Waals surface area contributed by atoms with E-state index < -0.39 is 0 Å². The zero-order valence-electron chi connectivity index (χ0n) is 17.9. The Labute approximate surface area is 184 Å². The van der Waals surface area contributed by atoms with E-state index >= 15 is 0 Å². The molecule has 0 saturated carbocycles. The van der Waals surface area contributed by atoms with Gasteiger partial charge >= 0.3 is 0 Å². The quantitative estimate of drug-likeness (QED) is 0.224. The van der Waals surface area contributed by atoms with Crippen molar-refractivity contribution in [3.8, 4) is 0 Å². The first-order valence-corrected chi connectivity index (χ1v) is 10.5. The van der Waals surface area contributed by atoms with Crippen LogP contribution in [0, 0.1) is 6.92 Å². The average molecular weight is 447 g/mol. The van der Waals surface area contributed by atoms with Gasteiger partial charge in [-0.2, -0.15) is 15.0 Å². The molecule has 2 fully saturated rings. The first-order valence-electron chi connectivity index (χ1n) is 10.5. The predicted molar refractivity (Wildman–Crippen MR) is 120 cm³/mol. The third kappa shape index (κ3) is 5.18. The van der Waals surface area contributed by atoms with Crippen LogP contribution < -0.4 is 49.1 Å². The molecule has 174 valence electrons. The second-order valence-electron chi connectivity index (χ2n) is 8.42. The van der Waals surface area contributed by atoms with Gasteiger partial charge in [-0.05, 0) is 19.8 Å². The van der Waals surface area contributed by atoms with Gasteiger partial charge in [0.05, 0.1) is 0 Å². The molecule has 2 aromatic heterocycles. The highest BCUT2D eigenvalue weighted by atomic mass is 16.1. The van der Waals surface area contributed by atoms with Gasteiger partial charge in [0.2, 0.25) is 23.8 Å². The molecule has 2 aliphatic heterocycles. The summed E-state index contributed by atoms with van der Waals surface area (Å²) in [7, 11) is 0. The zero-order chi connectivity index (χ0) is 22.8. The second-order valence-corrected chi connectivity index (χ2v) is 8.42. The van der Waals surface area contributed by atoms with Crippen LogP contribution in [0.25, 0.3) is 0 Å². The molecule has 2 aliphatic rings. The minimum atomic E-state index is -0.353. The summed E-state index contributed by atoms with van der Waals surface area (Å²) in [4.78, 5) is 31.9. The van der Waals surface area contributed by atoms with E-state index in [0.717, 1.165) is 12.8 Å². The molecule has 0 amide bonds. The van der Waals surface area contributed by atoms with Gasteiger partial charge in [0.25, 0.3) is 5.56 Å². The topological polar surface area (TPSA) is 232 Å². The number of aromatic nitrogens is 6. The number of aryl methyl sites for hydroxylation is 1. The van der Waals surface area contributed by atoms with Crippen molar-refractivity contribution in [3.63, 3.8) is 0 Å². The van der Waals surface area contributed by atoms with Crippen molar-refractivity contribution in [2.24, 2.45) is 22.9 Å². The molecule has 32 heavy (non-hydrogen) atoms. The summed E-state index contributed by atoms with van der Waals surface area (Å²) in [5, 5.41) is 7.67. The van der Waals surface area contributed by atoms with E-state index in [9.17, 15) is 4.79 Å². The molecule has 15 heteroatoms. The number of aromatic amines is 1. The molecule has 0 spiro atoms. The number of nitrogens with zero attached hydrogens (tertiary/aromatic N) is 7. The van der Waals surface area contributed by atoms with Gasteiger partial charge in [0, 0.05) is 50.3 Å². The van der Waals surface area contributed by atoms with Gasteiger partial charge in [0.15, 0.2) is 0 Å². The maximum absolute atomic E-state index is 11.8. The van der Waals surface area contributed by atoms with E-state index in [1.54, 1.807) is 6.92 Å². The monoisotopic (exact) mass is 446 g/mol. The van der Waals surface area contributed by atoms with Crippen LogP contribution in [0.2, 0.25) is 0 Å². The van der Waals surface area contributed by atoms with Gasteiger partial charge in [-0.25, -0.2) is 0 Å². The minimum Gasteiger partial charge on any atom is -0.338 e. The molecule has 2 saturated heterocycles. The largest absolute Gasteiger partial charge is 0.338 e. The van der Waals surface area contributed by atoms with Gasteiger partial charge in [0.1, 0.15) is 5.69 Å². The molecule has 0 radical (unpaired) electrons. The van der Waals surface area contributed by atoms with Gasteiger partial charge in [-0.15, -0.1) is 10.2 Å². The summed E-state index contributed by atoms with van der Waals surface area (Å²) >= 11 is 0. The van der Waals surface area contributed by atoms with Gasteiger partial charge < -0.3 is 32.7 Å². The maximum atomic E-state index is 11.8. The summed E-state index contributed by atoms with van der Waals surface area (Å²) in [6.07, 6.45) is 1.47. The van der Waals surface area contributed by atoms with E-state index in [0.29, 0.717) is 38.1 Å². The Morgan fingerprint density at radius 2 is 1.31 bits per heavy atom. The second kappa shape index (κ2) is 9.15. The molecule has 0 aromatic carbocycles. The maximum Gasteiger partial charge on any atom is 0.274 e. The van der Waals surface area contributed by atoms with Crippen molar-refractivity contribution in [1.29, 1.82) is 0 Å². The fourth-order valence-corrected chi connectivity index (χ4v) is 3.94. The zero-order valence-corrected chi connectivity index (χ0v) is 17.9. The van der Waals surface area contributed by atoms with Crippen LogP contribution in [-0.4, -0.2) is 80.5 Å². The number of anilines is 4. The fourth-order valence-electron chi connectivity index (χ4n) is 3.94. The van der Waals surface area contributed by atoms with E-state index in [4.69, 9.17) is 22.9 Å². The Bertz CT molecular complexity index is 933. The van der Waals surface area contributed by atoms with Crippen molar-refractivity contribution in [1.82, 2.24) is 30.1 Å². The van der Waals surface area contributed by atoms with Crippen LogP contribution in [0.1, 0.15) is 18.5 Å². The molecule has 0 aliphatic carbocycles. The highest BCUT2D eigenvalue weighted by Gasteiger charge is 2.28. The van der Waals surface area contributed by atoms with E-state index in [2.05, 4.69) is 41.0 Å². The molecule has 4 rings (SSSR count). The van der Waals surface area contributed by atoms with Crippen LogP contribution in [0.3, 0.4) is 0 Å². The molecule has 0 unspecified atom stereocenters. The molecule has 0 bridgehead atoms. The molecule has 15 nitrogen and oxygen atoms in total. The summed E-state index contributed by atoms with van der Waals surface area (Å²) in [6.45, 7) is 3.84. The van der Waals surface area contributed by atoms with Crippen LogP contribution in [0.15, 0.2) is 4.79 Å². The summed E-state index contributed by atoms with van der Waals surface area (Å²) in [5.74, 6) is 1.20. The smallest absolute Gasteiger partial charge is 0.274 e. The number of nitrogens with two attached hydrogens (primary N) is 4. The third-order valence-corrected chi connectivity index (χ3v) is 5.36. The van der Waals surface area contributed by atoms with Crippen LogP contribution >= 0.6 is 0 Å². The van der Waals surface area contributed by atoms with Crippen LogP contribution in [0.5, 0.6) is 0 Å². The van der Waals surface area contributed by atoms with Crippen LogP contribution in [-0.2, 0) is 0 Å². The number of H-pyrrole nitrogens is 1. The Morgan fingerprint density at radius 3 is 1.78 bits per heavy atom. The van der Waals surface area contributed by atoms with Crippen molar-refractivity contribution in [3.05, 3.63) is 16.0 Å². The molecule has 11 N–H and O–H groups in total. The molecular formula is C17H30N14O. The average Bonchev–Trinajstić information content (AvgIpc) is 2.73. The number of rotatable bonds is 5. The van der Waals surface area contributed by atoms with E-state index in [1.807, 2.05) is 9.80 Å². The highest BCUT2D eigenvalue weighted by Crippen LogP contribution is 2.22. The number of hydrogen-bond acceptors (Lipinski definition) is 14. The van der Waals surface area contributed by atoms with Crippen molar-refractivity contribution in [2.75, 3.05) is 46.8 Å². The van der Waals surface area contributed by atoms with Gasteiger partial charge in [-0.3, -0.25) is 20.6 Å². The third-order valence-electron chi connectivity index (χ3n) is 5.36. The molecule has 4 atom stereocenters. The number of hydrogen-bond donors (Lipinski definition) is 7. The minimum absolute atomic E-state index is 0.0850. The van der Waals surface area contributed by atoms with E-state index in [-0.39, 0.29) is 47.3 Å². The van der Waals surface area contributed by atoms with Crippen molar-refractivity contribution >= 4 is 23.8 Å². The Balaban J connectivity index is 1.61. The van der Waals surface area contributed by atoms with Crippen LogP contribution in [0.4, 0.5) is 23.8 Å². The van der Waals surface area contributed by atoms with Gasteiger partial charge in [-0.1, -0.05) is 0 Å². The Kier molecular flexibility index (Phi) is 6.31. The fraction of sp³-hybridized carbons (Fsp3) is 0.647. The lowest BCUT2D eigenvalue weighted by Gasteiger charge is -2.36. The lowest BCUT2D eigenvalue weighted by Crippen LogP contribution is -2.54. The lowest BCUT2D eigenvalue weighted by molar-refractivity contribution is 0.441. The Hall–Kier alpha value is -3.14. The number of nitrogens with one attached hydrogen (secondary N) is 3. The summed E-state index contributed by atoms with van der Waals surface area (Å²) < 4.78 is 0. The normalized spacial score (nSPS) is 26.2. The summed E-state index contributed by atoms with van der Waals surface area (Å²) in [5.41, 5.74) is 30.1. The first kappa shape index (κ1) is 22.1. The van der Waals surface area contributed by atoms with Crippen molar-refractivity contribution in [2.45, 2.75) is 43.9 Å². The first-order chi connectivity index (χ1) is 15.3. The van der Waals surface area contributed by atoms with Crippen molar-refractivity contribution < 1.29 is 0 Å². The predicted octanol–water partition coefficient (Wildman–Crippen LogP) is -3.17. The van der Waals surface area contributed by atoms with E-state index in [1.165, 1.54) is 0 Å².